The fourth-order valence-corrected chi connectivity index (χ4v) is 1.99. The van der Waals surface area contributed by atoms with Crippen LogP contribution in [0.2, 0.25) is 0 Å². The van der Waals surface area contributed by atoms with Crippen molar-refractivity contribution < 1.29 is 78.4 Å². The molecule has 76 valence electrons. The van der Waals surface area contributed by atoms with Crippen LogP contribution in [0.1, 0.15) is 38.5 Å². The molecule has 1 aliphatic rings. The van der Waals surface area contributed by atoms with Crippen molar-refractivity contribution in [3.05, 3.63) is 5.73 Å². The summed E-state index contributed by atoms with van der Waals surface area (Å²) in [7, 11) is 1.35. The molecule has 0 aromatic carbocycles. The molecule has 0 radical (unpaired) electrons. The third-order valence-corrected chi connectivity index (χ3v) is 2.78. The van der Waals surface area contributed by atoms with E-state index >= 15 is 0 Å². The first-order valence-corrected chi connectivity index (χ1v) is 5.03. The minimum atomic E-state index is -0.659. The summed E-state index contributed by atoms with van der Waals surface area (Å²) < 4.78 is 4.53. The zero-order valence-corrected chi connectivity index (χ0v) is 15.5. The van der Waals surface area contributed by atoms with E-state index in [1.54, 1.807) is 0 Å². The van der Waals surface area contributed by atoms with Gasteiger partial charge in [0.15, 0.2) is 0 Å². The smallest absolute Gasteiger partial charge is 0.665 e. The van der Waals surface area contributed by atoms with Gasteiger partial charge >= 0.3 is 68.9 Å². The number of carbonyl (C=O) groups excluding carboxylic acids is 1. The monoisotopic (exact) mass is 317 g/mol. The second-order valence-electron chi connectivity index (χ2n) is 3.82. The van der Waals surface area contributed by atoms with Gasteiger partial charge in [0, 0.05) is 0 Å². The fourth-order valence-electron chi connectivity index (χ4n) is 1.99. The Morgan fingerprint density at radius 3 is 2.50 bits per heavy atom. The van der Waals surface area contributed by atoms with E-state index in [2.05, 4.69) is 4.74 Å². The molecular formula is C10H18CsNO2. The van der Waals surface area contributed by atoms with Crippen LogP contribution in [0, 0.1) is 5.92 Å². The molecule has 1 fully saturated rings. The van der Waals surface area contributed by atoms with Crippen LogP contribution in [-0.4, -0.2) is 19.1 Å². The molecule has 1 aliphatic carbocycles. The van der Waals surface area contributed by atoms with Crippen molar-refractivity contribution in [3.63, 3.8) is 0 Å². The van der Waals surface area contributed by atoms with Crippen LogP contribution < -0.4 is 68.9 Å². The quantitative estimate of drug-likeness (QED) is 0.663. The van der Waals surface area contributed by atoms with Crippen molar-refractivity contribution in [1.29, 1.82) is 0 Å². The van der Waals surface area contributed by atoms with Crippen LogP contribution >= 0.6 is 0 Å². The summed E-state index contributed by atoms with van der Waals surface area (Å²) in [6.07, 6.45) is 6.90. The van der Waals surface area contributed by atoms with Gasteiger partial charge in [-0.25, -0.2) is 0 Å². The molecule has 0 aromatic rings. The molecule has 0 aromatic heterocycles. The van der Waals surface area contributed by atoms with Crippen molar-refractivity contribution in [2.24, 2.45) is 5.92 Å². The zero-order chi connectivity index (χ0) is 9.68. The molecule has 1 N–H and O–H groups in total. The molecule has 0 amide bonds. The molecule has 0 heterocycles. The van der Waals surface area contributed by atoms with Gasteiger partial charge in [-0.1, -0.05) is 38.5 Å². The molecule has 1 atom stereocenters. The maximum Gasteiger partial charge on any atom is 1.00 e. The number of rotatable bonds is 3. The van der Waals surface area contributed by atoms with E-state index in [1.807, 2.05) is 0 Å². The Morgan fingerprint density at radius 1 is 1.43 bits per heavy atom. The molecule has 1 rings (SSSR count). The number of ether oxygens (including phenoxy) is 1. The molecule has 14 heavy (non-hydrogen) atoms. The molecule has 0 saturated heterocycles. The molecule has 1 saturated carbocycles. The zero-order valence-electron chi connectivity index (χ0n) is 9.21. The topological polar surface area (TPSA) is 50.1 Å². The van der Waals surface area contributed by atoms with Gasteiger partial charge in [0.25, 0.3) is 5.97 Å². The predicted octanol–water partition coefficient (Wildman–Crippen LogP) is -0.445. The van der Waals surface area contributed by atoms with Gasteiger partial charge < -0.3 is 10.5 Å². The second-order valence-corrected chi connectivity index (χ2v) is 3.82. The average Bonchev–Trinajstić information content (AvgIpc) is 2.18. The van der Waals surface area contributed by atoms with Gasteiger partial charge in [-0.2, -0.15) is 0 Å². The van der Waals surface area contributed by atoms with Crippen LogP contribution in [0.5, 0.6) is 0 Å². The Labute approximate surface area is 145 Å². The Bertz CT molecular complexity index is 170. The summed E-state index contributed by atoms with van der Waals surface area (Å²) in [5.41, 5.74) is 7.54. The van der Waals surface area contributed by atoms with Crippen LogP contribution in [-0.2, 0) is 9.53 Å². The largest absolute Gasteiger partial charge is 1.00 e. The number of carbonyl (C=O) groups is 1. The SMILES string of the molecule is COC(=O)C([NH-])CC1CCCCC1.[Cs+]. The normalized spacial score (nSPS) is 19.6. The van der Waals surface area contributed by atoms with Crippen LogP contribution in [0.25, 0.3) is 5.73 Å². The number of methoxy groups -OCH3 is 1. The van der Waals surface area contributed by atoms with Crippen molar-refractivity contribution >= 4 is 5.97 Å². The number of hydrogen-bond donors (Lipinski definition) is 0. The molecule has 3 nitrogen and oxygen atoms in total. The Kier molecular flexibility index (Phi) is 9.52. The molecular weight excluding hydrogens is 299 g/mol. The summed E-state index contributed by atoms with van der Waals surface area (Å²) in [5.74, 6) is 0.195. The summed E-state index contributed by atoms with van der Waals surface area (Å²) in [4.78, 5) is 11.0. The number of esters is 1. The van der Waals surface area contributed by atoms with Gasteiger partial charge in [0.05, 0.1) is 7.11 Å². The van der Waals surface area contributed by atoms with Gasteiger partial charge in [0.1, 0.15) is 0 Å². The summed E-state index contributed by atoms with van der Waals surface area (Å²) in [6.45, 7) is 0. The molecule has 0 aliphatic heterocycles. The first kappa shape index (κ1) is 15.5. The van der Waals surface area contributed by atoms with E-state index in [0.717, 1.165) is 0 Å². The van der Waals surface area contributed by atoms with Crippen molar-refractivity contribution in [1.82, 2.24) is 0 Å². The summed E-state index contributed by atoms with van der Waals surface area (Å²) in [6, 6.07) is -0.659. The second kappa shape index (κ2) is 8.61. The first-order chi connectivity index (χ1) is 6.24. The molecule has 0 bridgehead atoms. The first-order valence-electron chi connectivity index (χ1n) is 5.03. The molecule has 1 unspecified atom stereocenters. The van der Waals surface area contributed by atoms with Gasteiger partial charge in [-0.3, -0.25) is 4.79 Å². The summed E-state index contributed by atoms with van der Waals surface area (Å²) >= 11 is 0. The van der Waals surface area contributed by atoms with E-state index in [4.69, 9.17) is 5.73 Å². The van der Waals surface area contributed by atoms with Crippen molar-refractivity contribution in [3.8, 4) is 0 Å². The van der Waals surface area contributed by atoms with Crippen molar-refractivity contribution in [2.75, 3.05) is 7.11 Å². The predicted molar refractivity (Wildman–Crippen MR) is 51.3 cm³/mol. The van der Waals surface area contributed by atoms with Gasteiger partial charge in [-0.15, -0.1) is 0 Å². The molecule has 4 heteroatoms. The van der Waals surface area contributed by atoms with E-state index in [-0.39, 0.29) is 74.9 Å². The minimum Gasteiger partial charge on any atom is -0.665 e. The van der Waals surface area contributed by atoms with E-state index in [9.17, 15) is 4.79 Å². The third-order valence-electron chi connectivity index (χ3n) is 2.78. The number of hydrogen-bond acceptors (Lipinski definition) is 2. The summed E-state index contributed by atoms with van der Waals surface area (Å²) in [5, 5.41) is 0. The average molecular weight is 317 g/mol. The Morgan fingerprint density at radius 2 is 2.00 bits per heavy atom. The van der Waals surface area contributed by atoms with Gasteiger partial charge in [0.2, 0.25) is 0 Å². The number of nitrogens with one attached hydrogen (secondary N) is 1. The Hall–Kier alpha value is 1.48. The standard InChI is InChI=1S/C10H18NO2.Cs/c1-13-10(12)9(11)7-8-5-3-2-4-6-8;/h8-9,11H,2-7H2,1H3;/q-1;+1. The van der Waals surface area contributed by atoms with Crippen molar-refractivity contribution in [2.45, 2.75) is 44.6 Å². The van der Waals surface area contributed by atoms with Crippen LogP contribution in [0.3, 0.4) is 0 Å². The van der Waals surface area contributed by atoms with Crippen LogP contribution in [0.4, 0.5) is 0 Å². The molecule has 0 spiro atoms. The maximum absolute atomic E-state index is 11.0. The van der Waals surface area contributed by atoms with Crippen LogP contribution in [0.15, 0.2) is 0 Å². The Balaban J connectivity index is 0.00000169. The van der Waals surface area contributed by atoms with E-state index < -0.39 is 6.04 Å². The third kappa shape index (κ3) is 5.53. The van der Waals surface area contributed by atoms with E-state index in [1.165, 1.54) is 39.2 Å². The van der Waals surface area contributed by atoms with Gasteiger partial charge in [-0.05, 0) is 12.0 Å². The van der Waals surface area contributed by atoms with E-state index in [0.29, 0.717) is 12.3 Å². The fraction of sp³-hybridized carbons (Fsp3) is 0.900. The maximum atomic E-state index is 11.0. The minimum absolute atomic E-state index is 0.